The van der Waals surface area contributed by atoms with Gasteiger partial charge in [0.1, 0.15) is 5.75 Å². The number of aromatic nitrogens is 2. The van der Waals surface area contributed by atoms with E-state index in [1.165, 1.54) is 23.5 Å². The Balaban J connectivity index is 1.43. The first kappa shape index (κ1) is 23.9. The topological polar surface area (TPSA) is 115 Å². The molecule has 2 aromatic carbocycles. The number of benzene rings is 2. The number of carbonyl (C=O) groups is 1. The fourth-order valence-electron chi connectivity index (χ4n) is 3.87. The van der Waals surface area contributed by atoms with Crippen LogP contribution in [0.25, 0.3) is 11.4 Å². The second kappa shape index (κ2) is 10.8. The molecule has 4 rings (SSSR count). The van der Waals surface area contributed by atoms with E-state index < -0.39 is 10.0 Å². The molecule has 0 saturated carbocycles. The Labute approximate surface area is 199 Å². The zero-order valence-corrected chi connectivity index (χ0v) is 19.9. The summed E-state index contributed by atoms with van der Waals surface area (Å²) in [5, 5.41) is 6.72. The molecule has 1 aromatic heterocycles. The van der Waals surface area contributed by atoms with E-state index in [4.69, 9.17) is 9.26 Å². The number of ether oxygens (including phenoxy) is 1. The van der Waals surface area contributed by atoms with Gasteiger partial charge in [-0.25, -0.2) is 8.42 Å². The number of rotatable bonds is 8. The molecule has 1 amide bonds. The average Bonchev–Trinajstić information content (AvgIpc) is 3.15. The van der Waals surface area contributed by atoms with Crippen LogP contribution < -0.4 is 10.1 Å². The van der Waals surface area contributed by atoms with Crippen molar-refractivity contribution in [2.45, 2.75) is 43.4 Å². The molecular weight excluding hydrogens is 456 g/mol. The maximum Gasteiger partial charge on any atom is 0.243 e. The van der Waals surface area contributed by atoms with Gasteiger partial charge in [0.15, 0.2) is 0 Å². The Morgan fingerprint density at radius 3 is 2.53 bits per heavy atom. The fourth-order valence-corrected chi connectivity index (χ4v) is 5.41. The first-order chi connectivity index (χ1) is 16.5. The van der Waals surface area contributed by atoms with Crippen LogP contribution in [-0.2, 0) is 21.2 Å². The van der Waals surface area contributed by atoms with E-state index in [9.17, 15) is 13.2 Å². The third-order valence-corrected chi connectivity index (χ3v) is 7.61. The summed E-state index contributed by atoms with van der Waals surface area (Å²) >= 11 is 0. The lowest BCUT2D eigenvalue weighted by Crippen LogP contribution is -2.32. The monoisotopic (exact) mass is 484 g/mol. The zero-order chi connectivity index (χ0) is 24.0. The van der Waals surface area contributed by atoms with Crippen LogP contribution in [0.1, 0.15) is 38.0 Å². The van der Waals surface area contributed by atoms with E-state index in [0.29, 0.717) is 36.2 Å². The van der Waals surface area contributed by atoms with Crippen molar-refractivity contribution < 1.29 is 22.5 Å². The van der Waals surface area contributed by atoms with Crippen molar-refractivity contribution in [1.29, 1.82) is 0 Å². The van der Waals surface area contributed by atoms with Crippen molar-refractivity contribution in [3.05, 3.63) is 54.4 Å². The summed E-state index contributed by atoms with van der Waals surface area (Å²) in [6, 6.07) is 13.9. The Morgan fingerprint density at radius 2 is 1.82 bits per heavy atom. The number of methoxy groups -OCH3 is 1. The minimum absolute atomic E-state index is 0.0860. The highest BCUT2D eigenvalue weighted by Crippen LogP contribution is 2.30. The molecule has 3 aromatic rings. The van der Waals surface area contributed by atoms with Gasteiger partial charge in [-0.1, -0.05) is 48.3 Å². The summed E-state index contributed by atoms with van der Waals surface area (Å²) in [5.41, 5.74) is 1.13. The van der Waals surface area contributed by atoms with Crippen molar-refractivity contribution in [3.63, 3.8) is 0 Å². The number of carbonyl (C=O) groups excluding carboxylic acids is 1. The van der Waals surface area contributed by atoms with Gasteiger partial charge in [-0.15, -0.1) is 0 Å². The molecule has 34 heavy (non-hydrogen) atoms. The highest BCUT2D eigenvalue weighted by molar-refractivity contribution is 7.89. The number of amides is 1. The molecule has 2 heterocycles. The summed E-state index contributed by atoms with van der Waals surface area (Å²) in [4.78, 5) is 17.1. The Morgan fingerprint density at radius 1 is 1.09 bits per heavy atom. The normalized spacial score (nSPS) is 15.0. The largest absolute Gasteiger partial charge is 0.495 e. The maximum atomic E-state index is 13.2. The van der Waals surface area contributed by atoms with Gasteiger partial charge in [0.05, 0.1) is 17.7 Å². The summed E-state index contributed by atoms with van der Waals surface area (Å²) in [6.45, 7) is 1.01. The van der Waals surface area contributed by atoms with Crippen LogP contribution in [0.15, 0.2) is 57.9 Å². The molecule has 0 aliphatic carbocycles. The molecule has 0 bridgehead atoms. The van der Waals surface area contributed by atoms with E-state index in [0.717, 1.165) is 31.2 Å². The molecule has 0 atom stereocenters. The highest BCUT2D eigenvalue weighted by atomic mass is 32.2. The number of hydrogen-bond donors (Lipinski definition) is 1. The molecule has 1 saturated heterocycles. The third-order valence-electron chi connectivity index (χ3n) is 5.71. The van der Waals surface area contributed by atoms with Crippen LogP contribution in [0.3, 0.4) is 0 Å². The maximum absolute atomic E-state index is 13.2. The van der Waals surface area contributed by atoms with Gasteiger partial charge < -0.3 is 14.6 Å². The van der Waals surface area contributed by atoms with Crippen LogP contribution in [0.5, 0.6) is 5.75 Å². The molecule has 0 unspecified atom stereocenters. The highest BCUT2D eigenvalue weighted by Gasteiger charge is 2.26. The van der Waals surface area contributed by atoms with Crippen molar-refractivity contribution in [3.8, 4) is 17.1 Å². The second-order valence-corrected chi connectivity index (χ2v) is 10.0. The van der Waals surface area contributed by atoms with E-state index in [1.807, 2.05) is 30.3 Å². The summed E-state index contributed by atoms with van der Waals surface area (Å²) in [6.07, 6.45) is 4.09. The SMILES string of the molecule is COc1ccc(S(=O)(=O)N2CCCCCC2)cc1NC(=O)CCc1nc(-c2ccccc2)no1. The first-order valence-electron chi connectivity index (χ1n) is 11.3. The molecule has 9 nitrogen and oxygen atoms in total. The van der Waals surface area contributed by atoms with Crippen molar-refractivity contribution in [2.75, 3.05) is 25.5 Å². The molecule has 180 valence electrons. The van der Waals surface area contributed by atoms with E-state index in [-0.39, 0.29) is 23.6 Å². The zero-order valence-electron chi connectivity index (χ0n) is 19.1. The molecule has 0 radical (unpaired) electrons. The van der Waals surface area contributed by atoms with Gasteiger partial charge in [-0.3, -0.25) is 4.79 Å². The number of nitrogens with zero attached hydrogens (tertiary/aromatic N) is 3. The van der Waals surface area contributed by atoms with Crippen LogP contribution in [0, 0.1) is 0 Å². The van der Waals surface area contributed by atoms with Crippen molar-refractivity contribution in [1.82, 2.24) is 14.4 Å². The lowest BCUT2D eigenvalue weighted by atomic mass is 10.2. The second-order valence-electron chi connectivity index (χ2n) is 8.11. The quantitative estimate of drug-likeness (QED) is 0.516. The van der Waals surface area contributed by atoms with Gasteiger partial charge >= 0.3 is 0 Å². The standard InChI is InChI=1S/C24H28N4O5S/c1-32-21-12-11-19(34(30,31)28-15-7-2-3-8-16-28)17-20(21)25-22(29)13-14-23-26-24(27-33-23)18-9-5-4-6-10-18/h4-6,9-12,17H,2-3,7-8,13-16H2,1H3,(H,25,29). The van der Waals surface area contributed by atoms with Crippen LogP contribution in [0.4, 0.5) is 5.69 Å². The minimum Gasteiger partial charge on any atom is -0.495 e. The van der Waals surface area contributed by atoms with Gasteiger partial charge in [0, 0.05) is 31.5 Å². The smallest absolute Gasteiger partial charge is 0.243 e. The number of anilines is 1. The van der Waals surface area contributed by atoms with Crippen LogP contribution in [-0.4, -0.2) is 49.0 Å². The molecule has 1 aliphatic heterocycles. The van der Waals surface area contributed by atoms with Gasteiger partial charge in [0.2, 0.25) is 27.6 Å². The Bertz CT molecular complexity index is 1220. The summed E-state index contributed by atoms with van der Waals surface area (Å²) in [7, 11) is -2.18. The summed E-state index contributed by atoms with van der Waals surface area (Å²) in [5.74, 6) is 0.872. The van der Waals surface area contributed by atoms with Crippen LogP contribution in [0.2, 0.25) is 0 Å². The van der Waals surface area contributed by atoms with Crippen LogP contribution >= 0.6 is 0 Å². The minimum atomic E-state index is -3.65. The van der Waals surface area contributed by atoms with Crippen molar-refractivity contribution >= 4 is 21.6 Å². The summed E-state index contributed by atoms with van der Waals surface area (Å²) < 4.78 is 38.4. The number of hydrogen-bond acceptors (Lipinski definition) is 7. The van der Waals surface area contributed by atoms with E-state index in [2.05, 4.69) is 15.5 Å². The number of sulfonamides is 1. The predicted molar refractivity (Wildman–Crippen MR) is 127 cm³/mol. The fraction of sp³-hybridized carbons (Fsp3) is 0.375. The van der Waals surface area contributed by atoms with E-state index in [1.54, 1.807) is 6.07 Å². The molecule has 0 spiro atoms. The van der Waals surface area contributed by atoms with Gasteiger partial charge in [-0.05, 0) is 31.0 Å². The Kier molecular flexibility index (Phi) is 7.59. The van der Waals surface area contributed by atoms with Crippen molar-refractivity contribution in [2.24, 2.45) is 0 Å². The molecular formula is C24H28N4O5S. The molecule has 10 heteroatoms. The Hall–Kier alpha value is -3.24. The lowest BCUT2D eigenvalue weighted by molar-refractivity contribution is -0.116. The number of aryl methyl sites for hydroxylation is 1. The number of nitrogens with one attached hydrogen (secondary N) is 1. The van der Waals surface area contributed by atoms with Gasteiger partial charge in [-0.2, -0.15) is 9.29 Å². The molecule has 1 fully saturated rings. The third kappa shape index (κ3) is 5.63. The first-order valence-corrected chi connectivity index (χ1v) is 12.8. The molecule has 1 N–H and O–H groups in total. The van der Waals surface area contributed by atoms with E-state index >= 15 is 0 Å². The van der Waals surface area contributed by atoms with Gasteiger partial charge in [0.25, 0.3) is 0 Å². The predicted octanol–water partition coefficient (Wildman–Crippen LogP) is 3.88. The lowest BCUT2D eigenvalue weighted by Gasteiger charge is -2.21. The average molecular weight is 485 g/mol. The molecule has 1 aliphatic rings.